The first-order valence-electron chi connectivity index (χ1n) is 6.44. The molecule has 4 heteroatoms. The van der Waals surface area contributed by atoms with Crippen LogP contribution in [0.4, 0.5) is 0 Å². The molecule has 0 amide bonds. The van der Waals surface area contributed by atoms with Crippen LogP contribution in [-0.4, -0.2) is 13.1 Å². The second-order valence-electron chi connectivity index (χ2n) is 4.23. The molecule has 108 valence electrons. The quantitative estimate of drug-likeness (QED) is 0.466. The highest BCUT2D eigenvalue weighted by Crippen LogP contribution is 2.30. The normalized spacial score (nSPS) is 10.6. The zero-order valence-electron chi connectivity index (χ0n) is 11.9. The van der Waals surface area contributed by atoms with Crippen molar-refractivity contribution in [2.75, 3.05) is 7.11 Å². The Morgan fingerprint density at radius 3 is 2.48 bits per heavy atom. The molecule has 2 rings (SSSR count). The van der Waals surface area contributed by atoms with Crippen LogP contribution in [0.3, 0.4) is 0 Å². The Kier molecular flexibility index (Phi) is 5.46. The van der Waals surface area contributed by atoms with E-state index in [4.69, 9.17) is 9.47 Å². The molecule has 0 saturated heterocycles. The maximum Gasteiger partial charge on any atom is 0.308 e. The van der Waals surface area contributed by atoms with Gasteiger partial charge in [0.1, 0.15) is 11.5 Å². The lowest BCUT2D eigenvalue weighted by Gasteiger charge is -2.05. The number of para-hydroxylation sites is 1. The molecule has 21 heavy (non-hydrogen) atoms. The zero-order chi connectivity index (χ0) is 15.1. The van der Waals surface area contributed by atoms with Crippen LogP contribution >= 0.6 is 11.8 Å². The fraction of sp³-hybridized carbons (Fsp3) is 0.118. The molecule has 0 aromatic heterocycles. The summed E-state index contributed by atoms with van der Waals surface area (Å²) in [5, 5.41) is 1.96. The van der Waals surface area contributed by atoms with Gasteiger partial charge in [0.15, 0.2) is 0 Å². The van der Waals surface area contributed by atoms with Crippen molar-refractivity contribution in [3.05, 3.63) is 59.5 Å². The maximum atomic E-state index is 11.1. The summed E-state index contributed by atoms with van der Waals surface area (Å²) in [6, 6.07) is 15.2. The minimum absolute atomic E-state index is 0.317. The molecular weight excluding hydrogens is 284 g/mol. The molecule has 0 unspecified atom stereocenters. The van der Waals surface area contributed by atoms with E-state index in [-0.39, 0.29) is 5.97 Å². The van der Waals surface area contributed by atoms with E-state index in [1.54, 1.807) is 13.2 Å². The fourth-order valence-corrected chi connectivity index (χ4v) is 2.44. The number of methoxy groups -OCH3 is 1. The number of carbonyl (C=O) groups excluding carboxylic acids is 1. The van der Waals surface area contributed by atoms with E-state index in [1.165, 1.54) is 18.7 Å². The van der Waals surface area contributed by atoms with Crippen LogP contribution in [0.5, 0.6) is 11.5 Å². The average molecular weight is 300 g/mol. The van der Waals surface area contributed by atoms with Gasteiger partial charge in [-0.15, -0.1) is 0 Å². The predicted octanol–water partition coefficient (Wildman–Crippen LogP) is 4.38. The van der Waals surface area contributed by atoms with Gasteiger partial charge < -0.3 is 9.47 Å². The number of rotatable bonds is 5. The van der Waals surface area contributed by atoms with Crippen molar-refractivity contribution in [1.29, 1.82) is 0 Å². The summed E-state index contributed by atoms with van der Waals surface area (Å²) >= 11 is 1.50. The molecule has 2 aromatic carbocycles. The molecule has 0 spiro atoms. The van der Waals surface area contributed by atoms with Gasteiger partial charge >= 0.3 is 5.97 Å². The molecule has 0 aliphatic carbocycles. The summed E-state index contributed by atoms with van der Waals surface area (Å²) in [5.74, 6) is 1.09. The van der Waals surface area contributed by atoms with Crippen molar-refractivity contribution >= 4 is 23.8 Å². The molecule has 0 radical (unpaired) electrons. The number of ether oxygens (including phenoxy) is 2. The lowest BCUT2D eigenvalue weighted by molar-refractivity contribution is -0.132. The summed E-state index contributed by atoms with van der Waals surface area (Å²) in [6.07, 6.45) is 1.99. The molecule has 0 aliphatic heterocycles. The zero-order valence-corrected chi connectivity index (χ0v) is 12.7. The molecule has 3 nitrogen and oxygen atoms in total. The Morgan fingerprint density at radius 1 is 1.10 bits per heavy atom. The van der Waals surface area contributed by atoms with Crippen LogP contribution in [0.15, 0.2) is 58.8 Å². The third-order valence-corrected chi connectivity index (χ3v) is 3.54. The summed E-state index contributed by atoms with van der Waals surface area (Å²) in [5.41, 5.74) is 1.08. The molecule has 0 fully saturated rings. The highest BCUT2D eigenvalue weighted by molar-refractivity contribution is 8.02. The molecule has 0 N–H and O–H groups in total. The molecular formula is C17H16O3S. The highest BCUT2D eigenvalue weighted by Gasteiger charge is 2.04. The topological polar surface area (TPSA) is 35.5 Å². The standard InChI is InChI=1S/C17H16O3S/c1-13(18)20-16-5-3-4-6-17(16)21-12-11-14-7-9-15(19-2)10-8-14/h3-12H,1-2H3/b12-11-. The fourth-order valence-electron chi connectivity index (χ4n) is 1.69. The molecule has 0 aliphatic rings. The third-order valence-electron chi connectivity index (χ3n) is 2.67. The smallest absolute Gasteiger partial charge is 0.308 e. The van der Waals surface area contributed by atoms with Crippen molar-refractivity contribution < 1.29 is 14.3 Å². The van der Waals surface area contributed by atoms with Crippen molar-refractivity contribution in [2.45, 2.75) is 11.8 Å². The molecule has 0 atom stereocenters. The average Bonchev–Trinajstić information content (AvgIpc) is 2.49. The van der Waals surface area contributed by atoms with Crippen molar-refractivity contribution in [1.82, 2.24) is 0 Å². The van der Waals surface area contributed by atoms with Gasteiger partial charge in [-0.1, -0.05) is 36.0 Å². The van der Waals surface area contributed by atoms with E-state index < -0.39 is 0 Å². The van der Waals surface area contributed by atoms with Crippen molar-refractivity contribution in [2.24, 2.45) is 0 Å². The Balaban J connectivity index is 2.04. The minimum atomic E-state index is -0.317. The monoisotopic (exact) mass is 300 g/mol. The van der Waals surface area contributed by atoms with Crippen LogP contribution in [0, 0.1) is 0 Å². The number of hydrogen-bond acceptors (Lipinski definition) is 4. The van der Waals surface area contributed by atoms with Crippen LogP contribution in [0.1, 0.15) is 12.5 Å². The molecule has 0 saturated carbocycles. The van der Waals surface area contributed by atoms with Crippen LogP contribution in [0.2, 0.25) is 0 Å². The summed E-state index contributed by atoms with van der Waals surface area (Å²) in [6.45, 7) is 1.40. The first-order chi connectivity index (χ1) is 10.2. The Hall–Kier alpha value is -2.20. The second kappa shape index (κ2) is 7.55. The van der Waals surface area contributed by atoms with Crippen LogP contribution < -0.4 is 9.47 Å². The number of benzene rings is 2. The van der Waals surface area contributed by atoms with Gasteiger partial charge in [-0.3, -0.25) is 4.79 Å². The van der Waals surface area contributed by atoms with Crippen molar-refractivity contribution in [3.8, 4) is 11.5 Å². The van der Waals surface area contributed by atoms with E-state index >= 15 is 0 Å². The highest BCUT2D eigenvalue weighted by atomic mass is 32.2. The number of hydrogen-bond donors (Lipinski definition) is 0. The lowest BCUT2D eigenvalue weighted by atomic mass is 10.2. The molecule has 0 heterocycles. The van der Waals surface area contributed by atoms with Crippen molar-refractivity contribution in [3.63, 3.8) is 0 Å². The Labute approximate surface area is 128 Å². The van der Waals surface area contributed by atoms with Gasteiger partial charge in [0.2, 0.25) is 0 Å². The van der Waals surface area contributed by atoms with Crippen LogP contribution in [0.25, 0.3) is 6.08 Å². The van der Waals surface area contributed by atoms with Gasteiger partial charge in [0, 0.05) is 6.92 Å². The van der Waals surface area contributed by atoms with Gasteiger partial charge in [-0.05, 0) is 41.3 Å². The first-order valence-corrected chi connectivity index (χ1v) is 7.31. The van der Waals surface area contributed by atoms with E-state index in [9.17, 15) is 4.79 Å². The predicted molar refractivity (Wildman–Crippen MR) is 85.6 cm³/mol. The van der Waals surface area contributed by atoms with Gasteiger partial charge in [0.05, 0.1) is 12.0 Å². The Bertz CT molecular complexity index is 633. The van der Waals surface area contributed by atoms with E-state index in [1.807, 2.05) is 53.9 Å². The van der Waals surface area contributed by atoms with Gasteiger partial charge in [0.25, 0.3) is 0 Å². The molecule has 2 aromatic rings. The summed E-state index contributed by atoms with van der Waals surface area (Å²) in [4.78, 5) is 12.0. The number of thioether (sulfide) groups is 1. The van der Waals surface area contributed by atoms with E-state index in [0.717, 1.165) is 16.2 Å². The molecule has 0 bridgehead atoms. The first kappa shape index (κ1) is 15.2. The summed E-state index contributed by atoms with van der Waals surface area (Å²) in [7, 11) is 1.65. The van der Waals surface area contributed by atoms with Crippen LogP contribution in [-0.2, 0) is 4.79 Å². The van der Waals surface area contributed by atoms with Gasteiger partial charge in [-0.25, -0.2) is 0 Å². The third kappa shape index (κ3) is 4.68. The number of esters is 1. The van der Waals surface area contributed by atoms with E-state index in [0.29, 0.717) is 5.75 Å². The van der Waals surface area contributed by atoms with E-state index in [2.05, 4.69) is 0 Å². The Morgan fingerprint density at radius 2 is 1.81 bits per heavy atom. The second-order valence-corrected chi connectivity index (χ2v) is 5.18. The van der Waals surface area contributed by atoms with Gasteiger partial charge in [-0.2, -0.15) is 0 Å². The largest absolute Gasteiger partial charge is 0.497 e. The maximum absolute atomic E-state index is 11.1. The lowest BCUT2D eigenvalue weighted by Crippen LogP contribution is -2.01. The number of carbonyl (C=O) groups is 1. The minimum Gasteiger partial charge on any atom is -0.497 e. The SMILES string of the molecule is COc1ccc(/C=C\Sc2ccccc2OC(C)=O)cc1. The summed E-state index contributed by atoms with van der Waals surface area (Å²) < 4.78 is 10.3.